The first-order valence-electron chi connectivity index (χ1n) is 10.7. The molecule has 0 saturated carbocycles. The SMILES string of the molecule is COCCn1ccc2c(OCC(=O)Nc3ccc(N4CCN(C)CC4)cc3)cccc21. The molecule has 3 aromatic rings. The molecule has 1 N–H and O–H groups in total. The number of rotatable bonds is 8. The predicted octanol–water partition coefficient (Wildman–Crippen LogP) is 3.06. The van der Waals surface area contributed by atoms with Crippen LogP contribution in [0.4, 0.5) is 11.4 Å². The van der Waals surface area contributed by atoms with Crippen molar-refractivity contribution in [1.29, 1.82) is 0 Å². The van der Waals surface area contributed by atoms with Crippen LogP contribution in [-0.4, -0.2) is 68.9 Å². The van der Waals surface area contributed by atoms with Crippen LogP contribution < -0.4 is 15.0 Å². The molecule has 0 unspecified atom stereocenters. The largest absolute Gasteiger partial charge is 0.483 e. The number of fused-ring (bicyclic) bond motifs is 1. The Morgan fingerprint density at radius 2 is 1.81 bits per heavy atom. The topological polar surface area (TPSA) is 59.0 Å². The maximum atomic E-state index is 12.4. The maximum absolute atomic E-state index is 12.4. The summed E-state index contributed by atoms with van der Waals surface area (Å²) in [6, 6.07) is 15.9. The van der Waals surface area contributed by atoms with Crippen molar-refractivity contribution in [1.82, 2.24) is 9.47 Å². The van der Waals surface area contributed by atoms with Crippen LogP contribution in [-0.2, 0) is 16.1 Å². The second-order valence-electron chi connectivity index (χ2n) is 7.86. The summed E-state index contributed by atoms with van der Waals surface area (Å²) in [6.45, 7) is 5.56. The van der Waals surface area contributed by atoms with E-state index in [1.54, 1.807) is 7.11 Å². The van der Waals surface area contributed by atoms with Crippen molar-refractivity contribution in [2.45, 2.75) is 6.54 Å². The van der Waals surface area contributed by atoms with Gasteiger partial charge in [-0.2, -0.15) is 0 Å². The van der Waals surface area contributed by atoms with Crippen LogP contribution in [0.2, 0.25) is 0 Å². The maximum Gasteiger partial charge on any atom is 0.262 e. The van der Waals surface area contributed by atoms with Crippen LogP contribution in [0.3, 0.4) is 0 Å². The Morgan fingerprint density at radius 3 is 2.55 bits per heavy atom. The molecule has 1 aromatic heterocycles. The lowest BCUT2D eigenvalue weighted by Crippen LogP contribution is -2.44. The third-order valence-corrected chi connectivity index (χ3v) is 5.69. The lowest BCUT2D eigenvalue weighted by atomic mass is 10.2. The van der Waals surface area contributed by atoms with E-state index in [9.17, 15) is 4.79 Å². The van der Waals surface area contributed by atoms with E-state index >= 15 is 0 Å². The molecule has 4 rings (SSSR count). The van der Waals surface area contributed by atoms with Gasteiger partial charge in [-0.15, -0.1) is 0 Å². The number of piperazine rings is 1. The molecule has 0 bridgehead atoms. The summed E-state index contributed by atoms with van der Waals surface area (Å²) in [5, 5.41) is 3.91. The van der Waals surface area contributed by atoms with Gasteiger partial charge in [-0.3, -0.25) is 4.79 Å². The highest BCUT2D eigenvalue weighted by Crippen LogP contribution is 2.27. The van der Waals surface area contributed by atoms with Crippen molar-refractivity contribution in [3.8, 4) is 5.75 Å². The first-order valence-corrected chi connectivity index (χ1v) is 10.7. The third kappa shape index (κ3) is 5.18. The summed E-state index contributed by atoms with van der Waals surface area (Å²) in [5.41, 5.74) is 3.02. The molecule has 7 nitrogen and oxygen atoms in total. The lowest BCUT2D eigenvalue weighted by Gasteiger charge is -2.34. The third-order valence-electron chi connectivity index (χ3n) is 5.69. The van der Waals surface area contributed by atoms with Gasteiger partial charge in [0.05, 0.1) is 12.1 Å². The number of anilines is 2. The number of carbonyl (C=O) groups excluding carboxylic acids is 1. The highest BCUT2D eigenvalue weighted by atomic mass is 16.5. The lowest BCUT2D eigenvalue weighted by molar-refractivity contribution is -0.118. The Labute approximate surface area is 183 Å². The highest BCUT2D eigenvalue weighted by Gasteiger charge is 2.14. The first-order chi connectivity index (χ1) is 15.1. The van der Waals surface area contributed by atoms with Crippen LogP contribution in [0, 0.1) is 0 Å². The average molecular weight is 423 g/mol. The Morgan fingerprint density at radius 1 is 1.03 bits per heavy atom. The van der Waals surface area contributed by atoms with Crippen molar-refractivity contribution < 1.29 is 14.3 Å². The first kappa shape index (κ1) is 21.2. The summed E-state index contributed by atoms with van der Waals surface area (Å²) < 4.78 is 13.1. The number of nitrogens with one attached hydrogen (secondary N) is 1. The van der Waals surface area contributed by atoms with E-state index in [1.807, 2.05) is 42.6 Å². The molecule has 31 heavy (non-hydrogen) atoms. The minimum Gasteiger partial charge on any atom is -0.483 e. The molecule has 164 valence electrons. The summed E-state index contributed by atoms with van der Waals surface area (Å²) in [4.78, 5) is 17.1. The Hall–Kier alpha value is -3.03. The van der Waals surface area contributed by atoms with Gasteiger partial charge in [0.15, 0.2) is 6.61 Å². The smallest absolute Gasteiger partial charge is 0.262 e. The monoisotopic (exact) mass is 422 g/mol. The van der Waals surface area contributed by atoms with Gasteiger partial charge in [-0.05, 0) is 49.5 Å². The van der Waals surface area contributed by atoms with Crippen LogP contribution in [0.15, 0.2) is 54.7 Å². The second kappa shape index (κ2) is 9.85. The Balaban J connectivity index is 1.33. The van der Waals surface area contributed by atoms with Gasteiger partial charge in [0, 0.05) is 62.8 Å². The fourth-order valence-corrected chi connectivity index (χ4v) is 3.87. The van der Waals surface area contributed by atoms with Crippen LogP contribution in [0.5, 0.6) is 5.75 Å². The fraction of sp³-hybridized carbons (Fsp3) is 0.375. The molecule has 1 aliphatic heterocycles. The predicted molar refractivity (Wildman–Crippen MR) is 124 cm³/mol. The van der Waals surface area contributed by atoms with E-state index in [0.717, 1.165) is 49.3 Å². The van der Waals surface area contributed by atoms with E-state index in [-0.39, 0.29) is 12.5 Å². The number of aromatic nitrogens is 1. The number of amides is 1. The van der Waals surface area contributed by atoms with Crippen molar-refractivity contribution in [3.63, 3.8) is 0 Å². The minimum absolute atomic E-state index is 0.0391. The molecule has 1 aliphatic rings. The summed E-state index contributed by atoms with van der Waals surface area (Å²) in [5.74, 6) is 0.525. The van der Waals surface area contributed by atoms with Gasteiger partial charge in [0.25, 0.3) is 5.91 Å². The number of hydrogen-bond donors (Lipinski definition) is 1. The standard InChI is InChI=1S/C24H30N4O3/c1-26-12-14-27(15-13-26)20-8-6-19(7-9-20)25-24(29)18-31-23-5-3-4-22-21(23)10-11-28(22)16-17-30-2/h3-11H,12-18H2,1-2H3,(H,25,29). The number of ether oxygens (including phenoxy) is 2. The summed E-state index contributed by atoms with van der Waals surface area (Å²) >= 11 is 0. The molecule has 0 radical (unpaired) electrons. The van der Waals surface area contributed by atoms with Crippen molar-refractivity contribution in [2.75, 3.05) is 63.8 Å². The van der Waals surface area contributed by atoms with E-state index in [0.29, 0.717) is 12.4 Å². The highest BCUT2D eigenvalue weighted by molar-refractivity contribution is 5.93. The van der Waals surface area contributed by atoms with E-state index in [2.05, 4.69) is 38.9 Å². The number of likely N-dealkylation sites (N-methyl/N-ethyl adjacent to an activating group) is 1. The van der Waals surface area contributed by atoms with Gasteiger partial charge >= 0.3 is 0 Å². The quantitative estimate of drug-likeness (QED) is 0.605. The number of benzene rings is 2. The van der Waals surface area contributed by atoms with Gasteiger partial charge in [0.2, 0.25) is 0 Å². The van der Waals surface area contributed by atoms with Crippen LogP contribution in [0.25, 0.3) is 10.9 Å². The normalized spacial score (nSPS) is 14.7. The zero-order valence-electron chi connectivity index (χ0n) is 18.2. The van der Waals surface area contributed by atoms with E-state index in [1.165, 1.54) is 5.69 Å². The molecule has 1 amide bonds. The molecule has 0 aliphatic carbocycles. The summed E-state index contributed by atoms with van der Waals surface area (Å²) in [6.07, 6.45) is 2.01. The van der Waals surface area contributed by atoms with E-state index < -0.39 is 0 Å². The van der Waals surface area contributed by atoms with Gasteiger partial charge in [-0.25, -0.2) is 0 Å². The number of hydrogen-bond acceptors (Lipinski definition) is 5. The number of carbonyl (C=O) groups is 1. The summed E-state index contributed by atoms with van der Waals surface area (Å²) in [7, 11) is 3.84. The Bertz CT molecular complexity index is 1010. The van der Waals surface area contributed by atoms with Crippen molar-refractivity contribution in [2.24, 2.45) is 0 Å². The van der Waals surface area contributed by atoms with Gasteiger partial charge in [-0.1, -0.05) is 6.07 Å². The molecular weight excluding hydrogens is 392 g/mol. The average Bonchev–Trinajstić information content (AvgIpc) is 3.21. The molecule has 0 atom stereocenters. The fourth-order valence-electron chi connectivity index (χ4n) is 3.87. The van der Waals surface area contributed by atoms with E-state index in [4.69, 9.17) is 9.47 Å². The van der Waals surface area contributed by atoms with Gasteiger partial charge in [0.1, 0.15) is 5.75 Å². The molecule has 2 aromatic carbocycles. The number of methoxy groups -OCH3 is 1. The zero-order chi connectivity index (χ0) is 21.6. The molecule has 7 heteroatoms. The van der Waals surface area contributed by atoms with Crippen LogP contribution >= 0.6 is 0 Å². The number of nitrogens with zero attached hydrogens (tertiary/aromatic N) is 3. The second-order valence-corrected chi connectivity index (χ2v) is 7.86. The molecular formula is C24H30N4O3. The molecule has 2 heterocycles. The van der Waals surface area contributed by atoms with Crippen molar-refractivity contribution in [3.05, 3.63) is 54.7 Å². The zero-order valence-corrected chi connectivity index (χ0v) is 18.2. The van der Waals surface area contributed by atoms with Gasteiger partial charge < -0.3 is 29.2 Å². The molecule has 1 saturated heterocycles. The molecule has 1 fully saturated rings. The minimum atomic E-state index is -0.178. The van der Waals surface area contributed by atoms with Crippen molar-refractivity contribution >= 4 is 28.2 Å². The Kier molecular flexibility index (Phi) is 6.74. The van der Waals surface area contributed by atoms with Crippen LogP contribution in [0.1, 0.15) is 0 Å². The molecule has 0 spiro atoms.